The van der Waals surface area contributed by atoms with Gasteiger partial charge in [-0.2, -0.15) is 0 Å². The van der Waals surface area contributed by atoms with Gasteiger partial charge in [0.2, 0.25) is 0 Å². The van der Waals surface area contributed by atoms with E-state index in [0.717, 1.165) is 5.56 Å². The van der Waals surface area contributed by atoms with Crippen molar-refractivity contribution in [1.82, 2.24) is 0 Å². The highest BCUT2D eigenvalue weighted by molar-refractivity contribution is 5.96. The summed E-state index contributed by atoms with van der Waals surface area (Å²) in [5, 5.41) is 3.41. The van der Waals surface area contributed by atoms with Gasteiger partial charge in [-0.3, -0.25) is 4.79 Å². The Balaban J connectivity index is 2.62. The van der Waals surface area contributed by atoms with Crippen LogP contribution in [0.15, 0.2) is 29.4 Å². The van der Waals surface area contributed by atoms with Gasteiger partial charge in [0.25, 0.3) is 0 Å². The molecule has 0 atom stereocenters. The van der Waals surface area contributed by atoms with Gasteiger partial charge in [0.15, 0.2) is 5.78 Å². The van der Waals surface area contributed by atoms with Gasteiger partial charge in [0.1, 0.15) is 0 Å². The molecule has 4 nitrogen and oxygen atoms in total. The zero-order chi connectivity index (χ0) is 13.6. The zero-order valence-electron chi connectivity index (χ0n) is 11.2. The highest BCUT2D eigenvalue weighted by Crippen LogP contribution is 2.22. The lowest BCUT2D eigenvalue weighted by atomic mass is 9.86. The average Bonchev–Trinajstić information content (AvgIpc) is 2.33. The predicted molar refractivity (Wildman–Crippen MR) is 72.7 cm³/mol. The van der Waals surface area contributed by atoms with Crippen molar-refractivity contribution in [1.29, 1.82) is 0 Å². The molecule has 0 saturated heterocycles. The summed E-state index contributed by atoms with van der Waals surface area (Å²) in [4.78, 5) is 14.5. The minimum atomic E-state index is 0.100. The standard InChI is InChI=1S/C14H19N3O/c1-14(2,3)12-8-6-11(7-9-12)13(18)5-4-10-16-17-15/h6-9H,4-5,10H2,1-3H3. The fraction of sp³-hybridized carbons (Fsp3) is 0.500. The molecule has 4 heteroatoms. The molecule has 0 N–H and O–H groups in total. The zero-order valence-corrected chi connectivity index (χ0v) is 11.2. The van der Waals surface area contributed by atoms with Crippen molar-refractivity contribution >= 4 is 5.78 Å². The van der Waals surface area contributed by atoms with E-state index in [1.807, 2.05) is 24.3 Å². The number of carbonyl (C=O) groups excluding carboxylic acids is 1. The summed E-state index contributed by atoms with van der Waals surface area (Å²) in [7, 11) is 0. The van der Waals surface area contributed by atoms with E-state index < -0.39 is 0 Å². The van der Waals surface area contributed by atoms with Crippen LogP contribution in [-0.2, 0) is 5.41 Å². The van der Waals surface area contributed by atoms with Gasteiger partial charge in [0, 0.05) is 23.4 Å². The SMILES string of the molecule is CC(C)(C)c1ccc(C(=O)CCCN=[N+]=[N-])cc1. The van der Waals surface area contributed by atoms with Crippen LogP contribution in [0.2, 0.25) is 0 Å². The molecule has 0 radical (unpaired) electrons. The molecule has 0 aromatic heterocycles. The third-order valence-electron chi connectivity index (χ3n) is 2.80. The Hall–Kier alpha value is -1.80. The monoisotopic (exact) mass is 245 g/mol. The summed E-state index contributed by atoms with van der Waals surface area (Å²) >= 11 is 0. The molecule has 0 unspecified atom stereocenters. The summed E-state index contributed by atoms with van der Waals surface area (Å²) in [6.07, 6.45) is 1.03. The highest BCUT2D eigenvalue weighted by atomic mass is 16.1. The second-order valence-electron chi connectivity index (χ2n) is 5.31. The first-order valence-corrected chi connectivity index (χ1v) is 6.10. The Bertz CT molecular complexity index is 451. The van der Waals surface area contributed by atoms with Crippen LogP contribution in [0.5, 0.6) is 0 Å². The van der Waals surface area contributed by atoms with Crippen molar-refractivity contribution in [2.24, 2.45) is 5.11 Å². The van der Waals surface area contributed by atoms with Crippen LogP contribution in [0.3, 0.4) is 0 Å². The Kier molecular flexibility index (Phi) is 4.93. The lowest BCUT2D eigenvalue weighted by Gasteiger charge is -2.18. The molecule has 0 bridgehead atoms. The van der Waals surface area contributed by atoms with E-state index >= 15 is 0 Å². The van der Waals surface area contributed by atoms with Crippen molar-refractivity contribution in [3.05, 3.63) is 45.8 Å². The summed E-state index contributed by atoms with van der Waals surface area (Å²) < 4.78 is 0. The molecule has 0 saturated carbocycles. The molecule has 0 aliphatic heterocycles. The van der Waals surface area contributed by atoms with E-state index in [2.05, 4.69) is 30.8 Å². The normalized spacial score (nSPS) is 10.8. The summed E-state index contributed by atoms with van der Waals surface area (Å²) in [5.41, 5.74) is 10.2. The number of carbonyl (C=O) groups is 1. The maximum atomic E-state index is 11.8. The maximum Gasteiger partial charge on any atom is 0.162 e. The minimum Gasteiger partial charge on any atom is -0.294 e. The van der Waals surface area contributed by atoms with Crippen molar-refractivity contribution in [3.63, 3.8) is 0 Å². The van der Waals surface area contributed by atoms with E-state index in [-0.39, 0.29) is 11.2 Å². The highest BCUT2D eigenvalue weighted by Gasteiger charge is 2.14. The summed E-state index contributed by atoms with van der Waals surface area (Å²) in [6.45, 7) is 6.81. The molecule has 0 aliphatic rings. The predicted octanol–water partition coefficient (Wildman–Crippen LogP) is 4.26. The number of azide groups is 1. The van der Waals surface area contributed by atoms with Crippen LogP contribution in [0.25, 0.3) is 10.4 Å². The molecule has 18 heavy (non-hydrogen) atoms. The van der Waals surface area contributed by atoms with E-state index in [1.165, 1.54) is 5.56 Å². The molecule has 1 rings (SSSR count). The third kappa shape index (κ3) is 4.22. The van der Waals surface area contributed by atoms with E-state index in [1.54, 1.807) is 0 Å². The second-order valence-corrected chi connectivity index (χ2v) is 5.31. The van der Waals surface area contributed by atoms with E-state index in [4.69, 9.17) is 5.53 Å². The number of Topliss-reactive ketones (excluding diaryl/α,β-unsaturated/α-hetero) is 1. The Morgan fingerprint density at radius 1 is 1.28 bits per heavy atom. The van der Waals surface area contributed by atoms with Crippen LogP contribution >= 0.6 is 0 Å². The fourth-order valence-electron chi connectivity index (χ4n) is 1.66. The number of nitrogens with zero attached hydrogens (tertiary/aromatic N) is 3. The van der Waals surface area contributed by atoms with Gasteiger partial charge in [-0.1, -0.05) is 50.2 Å². The summed E-state index contributed by atoms with van der Waals surface area (Å²) in [5.74, 6) is 0.101. The van der Waals surface area contributed by atoms with Gasteiger partial charge < -0.3 is 0 Å². The quantitative estimate of drug-likeness (QED) is 0.251. The first-order chi connectivity index (χ1) is 8.45. The Labute approximate surface area is 108 Å². The van der Waals surface area contributed by atoms with E-state index in [0.29, 0.717) is 19.4 Å². The topological polar surface area (TPSA) is 65.8 Å². The first kappa shape index (κ1) is 14.3. The maximum absolute atomic E-state index is 11.8. The molecule has 1 aromatic rings. The van der Waals surface area contributed by atoms with E-state index in [9.17, 15) is 4.79 Å². The molecule has 1 aromatic carbocycles. The number of hydrogen-bond donors (Lipinski definition) is 0. The van der Waals surface area contributed by atoms with Crippen molar-refractivity contribution in [3.8, 4) is 0 Å². The lowest BCUT2D eigenvalue weighted by molar-refractivity contribution is 0.0981. The van der Waals surface area contributed by atoms with Gasteiger partial charge in [0.05, 0.1) is 0 Å². The number of benzene rings is 1. The molecule has 0 spiro atoms. The number of ketones is 1. The molecular formula is C14H19N3O. The molecule has 0 amide bonds. The largest absolute Gasteiger partial charge is 0.294 e. The fourth-order valence-corrected chi connectivity index (χ4v) is 1.66. The van der Waals surface area contributed by atoms with Crippen molar-refractivity contribution < 1.29 is 4.79 Å². The van der Waals surface area contributed by atoms with Crippen molar-refractivity contribution in [2.75, 3.05) is 6.54 Å². The second kappa shape index (κ2) is 6.22. The molecule has 96 valence electrons. The Morgan fingerprint density at radius 3 is 2.39 bits per heavy atom. The van der Waals surface area contributed by atoms with Gasteiger partial charge in [-0.25, -0.2) is 0 Å². The summed E-state index contributed by atoms with van der Waals surface area (Å²) in [6, 6.07) is 7.74. The molecular weight excluding hydrogens is 226 g/mol. The molecule has 0 aliphatic carbocycles. The van der Waals surface area contributed by atoms with Gasteiger partial charge >= 0.3 is 0 Å². The molecule has 0 fully saturated rings. The van der Waals surface area contributed by atoms with Crippen LogP contribution in [-0.4, -0.2) is 12.3 Å². The van der Waals surface area contributed by atoms with Crippen LogP contribution in [0.4, 0.5) is 0 Å². The first-order valence-electron chi connectivity index (χ1n) is 6.10. The van der Waals surface area contributed by atoms with Gasteiger partial charge in [-0.15, -0.1) is 0 Å². The smallest absolute Gasteiger partial charge is 0.162 e. The number of rotatable bonds is 5. The van der Waals surface area contributed by atoms with Crippen LogP contribution < -0.4 is 0 Å². The van der Waals surface area contributed by atoms with Crippen LogP contribution in [0, 0.1) is 0 Å². The third-order valence-corrected chi connectivity index (χ3v) is 2.80. The Morgan fingerprint density at radius 2 is 1.89 bits per heavy atom. The van der Waals surface area contributed by atoms with Gasteiger partial charge in [-0.05, 0) is 22.9 Å². The van der Waals surface area contributed by atoms with Crippen molar-refractivity contribution in [2.45, 2.75) is 39.0 Å². The van der Waals surface area contributed by atoms with Crippen LogP contribution in [0.1, 0.15) is 49.5 Å². The number of hydrogen-bond acceptors (Lipinski definition) is 2. The lowest BCUT2D eigenvalue weighted by Crippen LogP contribution is -2.11. The molecule has 0 heterocycles. The average molecular weight is 245 g/mol. The minimum absolute atomic E-state index is 0.100.